The lowest BCUT2D eigenvalue weighted by atomic mass is 10.2. The lowest BCUT2D eigenvalue weighted by Gasteiger charge is -1.92. The number of thiophene rings is 1. The summed E-state index contributed by atoms with van der Waals surface area (Å²) in [6.45, 7) is 1.61. The van der Waals surface area contributed by atoms with E-state index in [0.29, 0.717) is 18.1 Å². The summed E-state index contributed by atoms with van der Waals surface area (Å²) in [5.74, 6) is 0.884. The van der Waals surface area contributed by atoms with Gasteiger partial charge in [-0.2, -0.15) is 16.3 Å². The van der Waals surface area contributed by atoms with E-state index in [1.54, 1.807) is 18.3 Å². The SMILES string of the molecule is CC(O)c1noc(Cc2ccsc2)n1. The number of nitrogens with zero attached hydrogens (tertiary/aromatic N) is 2. The normalized spacial score (nSPS) is 13.0. The molecule has 14 heavy (non-hydrogen) atoms. The first kappa shape index (κ1) is 9.36. The van der Waals surface area contributed by atoms with E-state index in [9.17, 15) is 5.11 Å². The van der Waals surface area contributed by atoms with Crippen molar-refractivity contribution in [3.8, 4) is 0 Å². The third-order valence-corrected chi connectivity index (χ3v) is 2.52. The summed E-state index contributed by atoms with van der Waals surface area (Å²) >= 11 is 1.63. The van der Waals surface area contributed by atoms with Gasteiger partial charge in [0, 0.05) is 0 Å². The van der Waals surface area contributed by atoms with Crippen molar-refractivity contribution in [1.29, 1.82) is 0 Å². The van der Waals surface area contributed by atoms with Gasteiger partial charge in [0.15, 0.2) is 5.82 Å². The fraction of sp³-hybridized carbons (Fsp3) is 0.333. The molecule has 0 saturated carbocycles. The van der Waals surface area contributed by atoms with Crippen molar-refractivity contribution in [3.63, 3.8) is 0 Å². The summed E-state index contributed by atoms with van der Waals surface area (Å²) in [6.07, 6.45) is -0.0431. The lowest BCUT2D eigenvalue weighted by Crippen LogP contribution is -1.94. The number of aliphatic hydroxyl groups excluding tert-OH is 1. The van der Waals surface area contributed by atoms with Gasteiger partial charge in [-0.05, 0) is 29.3 Å². The first-order chi connectivity index (χ1) is 6.75. The second-order valence-electron chi connectivity index (χ2n) is 3.03. The number of hydrogen-bond donors (Lipinski definition) is 1. The van der Waals surface area contributed by atoms with Crippen LogP contribution in [-0.4, -0.2) is 15.2 Å². The highest BCUT2D eigenvalue weighted by atomic mass is 32.1. The molecule has 5 heteroatoms. The first-order valence-corrected chi connectivity index (χ1v) is 5.21. The highest BCUT2D eigenvalue weighted by molar-refractivity contribution is 7.07. The van der Waals surface area contributed by atoms with E-state index >= 15 is 0 Å². The number of aromatic nitrogens is 2. The third kappa shape index (κ3) is 2.00. The Bertz CT molecular complexity index is 395. The smallest absolute Gasteiger partial charge is 0.231 e. The predicted molar refractivity (Wildman–Crippen MR) is 52.1 cm³/mol. The van der Waals surface area contributed by atoms with Crippen LogP contribution in [0.1, 0.15) is 30.3 Å². The van der Waals surface area contributed by atoms with Crippen molar-refractivity contribution in [2.24, 2.45) is 0 Å². The van der Waals surface area contributed by atoms with Gasteiger partial charge in [-0.15, -0.1) is 0 Å². The average Bonchev–Trinajstić information content (AvgIpc) is 2.75. The van der Waals surface area contributed by atoms with E-state index < -0.39 is 6.10 Å². The van der Waals surface area contributed by atoms with Crippen LogP contribution in [0.15, 0.2) is 21.3 Å². The van der Waals surface area contributed by atoms with Gasteiger partial charge in [0.05, 0.1) is 6.42 Å². The van der Waals surface area contributed by atoms with Crippen LogP contribution in [0.4, 0.5) is 0 Å². The summed E-state index contributed by atoms with van der Waals surface area (Å²) in [4.78, 5) is 4.06. The van der Waals surface area contributed by atoms with Crippen LogP contribution in [-0.2, 0) is 6.42 Å². The molecule has 0 aliphatic carbocycles. The molecule has 2 rings (SSSR count). The van der Waals surface area contributed by atoms with Crippen LogP contribution in [0.3, 0.4) is 0 Å². The first-order valence-electron chi connectivity index (χ1n) is 4.27. The fourth-order valence-electron chi connectivity index (χ4n) is 1.08. The van der Waals surface area contributed by atoms with E-state index in [4.69, 9.17) is 4.52 Å². The molecule has 2 aromatic heterocycles. The molecule has 0 aromatic carbocycles. The Labute approximate surface area is 85.2 Å². The van der Waals surface area contributed by atoms with Crippen LogP contribution in [0.5, 0.6) is 0 Å². The Hall–Kier alpha value is -1.20. The van der Waals surface area contributed by atoms with Crippen molar-refractivity contribution < 1.29 is 9.63 Å². The maximum atomic E-state index is 9.18. The molecule has 1 N–H and O–H groups in total. The Morgan fingerprint density at radius 2 is 2.50 bits per heavy atom. The number of hydrogen-bond acceptors (Lipinski definition) is 5. The maximum absolute atomic E-state index is 9.18. The minimum Gasteiger partial charge on any atom is -0.385 e. The van der Waals surface area contributed by atoms with Crippen LogP contribution >= 0.6 is 11.3 Å². The predicted octanol–water partition coefficient (Wildman–Crippen LogP) is 1.78. The van der Waals surface area contributed by atoms with Crippen LogP contribution in [0.25, 0.3) is 0 Å². The molecule has 0 radical (unpaired) electrons. The quantitative estimate of drug-likeness (QED) is 0.838. The second kappa shape index (κ2) is 3.89. The average molecular weight is 210 g/mol. The van der Waals surface area contributed by atoms with E-state index in [-0.39, 0.29) is 0 Å². The Morgan fingerprint density at radius 1 is 1.64 bits per heavy atom. The number of aliphatic hydroxyl groups is 1. The van der Waals surface area contributed by atoms with E-state index in [1.165, 1.54) is 0 Å². The van der Waals surface area contributed by atoms with Crippen molar-refractivity contribution in [2.45, 2.75) is 19.4 Å². The molecule has 0 aliphatic rings. The molecule has 1 unspecified atom stereocenters. The van der Waals surface area contributed by atoms with Crippen molar-refractivity contribution in [1.82, 2.24) is 10.1 Å². The topological polar surface area (TPSA) is 59.2 Å². The maximum Gasteiger partial charge on any atom is 0.231 e. The van der Waals surface area contributed by atoms with Gasteiger partial charge in [-0.1, -0.05) is 5.16 Å². The molecule has 0 amide bonds. The summed E-state index contributed by atoms with van der Waals surface area (Å²) in [6, 6.07) is 2.01. The molecule has 0 saturated heterocycles. The second-order valence-corrected chi connectivity index (χ2v) is 3.81. The molecule has 0 spiro atoms. The van der Waals surface area contributed by atoms with E-state index in [0.717, 1.165) is 5.56 Å². The minimum atomic E-state index is -0.671. The van der Waals surface area contributed by atoms with Gasteiger partial charge >= 0.3 is 0 Å². The number of rotatable bonds is 3. The molecule has 0 fully saturated rings. The zero-order valence-corrected chi connectivity index (χ0v) is 8.49. The van der Waals surface area contributed by atoms with Gasteiger partial charge in [-0.25, -0.2) is 0 Å². The van der Waals surface area contributed by atoms with Crippen molar-refractivity contribution >= 4 is 11.3 Å². The van der Waals surface area contributed by atoms with Gasteiger partial charge in [0.25, 0.3) is 0 Å². The largest absolute Gasteiger partial charge is 0.385 e. The Balaban J connectivity index is 2.11. The lowest BCUT2D eigenvalue weighted by molar-refractivity contribution is 0.184. The molecule has 74 valence electrons. The fourth-order valence-corrected chi connectivity index (χ4v) is 1.75. The van der Waals surface area contributed by atoms with Gasteiger partial charge in [0.2, 0.25) is 5.89 Å². The minimum absolute atomic E-state index is 0.343. The monoisotopic (exact) mass is 210 g/mol. The zero-order chi connectivity index (χ0) is 9.97. The highest BCUT2D eigenvalue weighted by Crippen LogP contribution is 2.13. The molecule has 1 atom stereocenters. The zero-order valence-electron chi connectivity index (χ0n) is 7.67. The molecule has 2 heterocycles. The molecule has 0 aliphatic heterocycles. The van der Waals surface area contributed by atoms with Crippen LogP contribution in [0.2, 0.25) is 0 Å². The molecule has 4 nitrogen and oxygen atoms in total. The Kier molecular flexibility index (Phi) is 2.60. The Morgan fingerprint density at radius 3 is 3.07 bits per heavy atom. The summed E-state index contributed by atoms with van der Waals surface area (Å²) in [5, 5.41) is 16.9. The van der Waals surface area contributed by atoms with Crippen LogP contribution < -0.4 is 0 Å². The molecular formula is C9H10N2O2S. The van der Waals surface area contributed by atoms with Gasteiger partial charge in [-0.3, -0.25) is 0 Å². The van der Waals surface area contributed by atoms with E-state index in [1.807, 2.05) is 16.8 Å². The van der Waals surface area contributed by atoms with Crippen molar-refractivity contribution in [2.75, 3.05) is 0 Å². The van der Waals surface area contributed by atoms with Gasteiger partial charge in [0.1, 0.15) is 6.10 Å². The highest BCUT2D eigenvalue weighted by Gasteiger charge is 2.10. The van der Waals surface area contributed by atoms with E-state index in [2.05, 4.69) is 10.1 Å². The van der Waals surface area contributed by atoms with Gasteiger partial charge < -0.3 is 9.63 Å². The molecular weight excluding hydrogens is 200 g/mol. The molecule has 0 bridgehead atoms. The third-order valence-electron chi connectivity index (χ3n) is 1.79. The standard InChI is InChI=1S/C9H10N2O2S/c1-6(12)9-10-8(13-11-9)4-7-2-3-14-5-7/h2-3,5-6,12H,4H2,1H3. The van der Waals surface area contributed by atoms with Crippen LogP contribution in [0, 0.1) is 0 Å². The summed E-state index contributed by atoms with van der Waals surface area (Å²) < 4.78 is 4.98. The molecule has 2 aromatic rings. The summed E-state index contributed by atoms with van der Waals surface area (Å²) in [7, 11) is 0. The summed E-state index contributed by atoms with van der Waals surface area (Å²) in [5.41, 5.74) is 1.15. The van der Waals surface area contributed by atoms with Crippen molar-refractivity contribution in [3.05, 3.63) is 34.1 Å².